The third-order valence-electron chi connectivity index (χ3n) is 4.28. The zero-order chi connectivity index (χ0) is 21.0. The van der Waals surface area contributed by atoms with Gasteiger partial charge in [0.25, 0.3) is 5.56 Å². The third-order valence-corrected chi connectivity index (χ3v) is 4.28. The molecule has 150 valence electrons. The van der Waals surface area contributed by atoms with E-state index in [4.69, 9.17) is 19.9 Å². The molecule has 0 radical (unpaired) electrons. The second-order valence-electron chi connectivity index (χ2n) is 6.08. The van der Waals surface area contributed by atoms with Gasteiger partial charge in [-0.3, -0.25) is 14.2 Å². The summed E-state index contributed by atoms with van der Waals surface area (Å²) in [5.74, 6) is -0.0464. The number of nitrogens with zero attached hydrogens (tertiary/aromatic N) is 1. The number of ketones is 1. The quantitative estimate of drug-likeness (QED) is 0.273. The molecule has 0 unspecified atom stereocenters. The van der Waals surface area contributed by atoms with E-state index >= 15 is 0 Å². The first-order valence-corrected chi connectivity index (χ1v) is 8.61. The SMILES string of the molecule is COCOc1ccc(C(=O)c2ccc(=O)n(-c3ccc(OC)cc3)c2)c(O)c1N. The molecule has 0 aliphatic heterocycles. The van der Waals surface area contributed by atoms with Crippen LogP contribution in [0.1, 0.15) is 15.9 Å². The number of hydrogen-bond acceptors (Lipinski definition) is 7. The Kier molecular flexibility index (Phi) is 5.85. The van der Waals surface area contributed by atoms with Crippen molar-refractivity contribution in [3.63, 3.8) is 0 Å². The fraction of sp³-hybridized carbons (Fsp3) is 0.143. The summed E-state index contributed by atoms with van der Waals surface area (Å²) in [7, 11) is 3.00. The first-order valence-electron chi connectivity index (χ1n) is 8.61. The molecule has 0 saturated carbocycles. The second-order valence-corrected chi connectivity index (χ2v) is 6.08. The Morgan fingerprint density at radius 2 is 1.79 bits per heavy atom. The molecule has 0 spiro atoms. The number of ether oxygens (including phenoxy) is 3. The van der Waals surface area contributed by atoms with E-state index in [0.29, 0.717) is 11.4 Å². The Bertz CT molecular complexity index is 1090. The molecule has 0 saturated heterocycles. The predicted molar refractivity (Wildman–Crippen MR) is 107 cm³/mol. The molecular weight excluding hydrogens is 376 g/mol. The van der Waals surface area contributed by atoms with Crippen LogP contribution in [0.3, 0.4) is 0 Å². The molecule has 2 aromatic carbocycles. The number of rotatable bonds is 7. The van der Waals surface area contributed by atoms with E-state index in [0.717, 1.165) is 0 Å². The molecule has 0 atom stereocenters. The fourth-order valence-corrected chi connectivity index (χ4v) is 2.74. The maximum Gasteiger partial charge on any atom is 0.255 e. The van der Waals surface area contributed by atoms with Crippen molar-refractivity contribution in [2.24, 2.45) is 0 Å². The molecule has 29 heavy (non-hydrogen) atoms. The molecule has 1 heterocycles. The van der Waals surface area contributed by atoms with Gasteiger partial charge in [0.2, 0.25) is 0 Å². The van der Waals surface area contributed by atoms with Crippen molar-refractivity contribution in [3.05, 3.63) is 76.2 Å². The lowest BCUT2D eigenvalue weighted by Gasteiger charge is -2.13. The smallest absolute Gasteiger partial charge is 0.255 e. The molecule has 8 heteroatoms. The van der Waals surface area contributed by atoms with Gasteiger partial charge in [-0.1, -0.05) is 0 Å². The van der Waals surface area contributed by atoms with E-state index in [-0.39, 0.29) is 34.9 Å². The van der Waals surface area contributed by atoms with E-state index in [1.54, 1.807) is 31.4 Å². The van der Waals surface area contributed by atoms with Crippen LogP contribution in [0.25, 0.3) is 5.69 Å². The normalized spacial score (nSPS) is 10.6. The van der Waals surface area contributed by atoms with Gasteiger partial charge in [-0.15, -0.1) is 0 Å². The number of aromatic nitrogens is 1. The Labute approximate surface area is 166 Å². The van der Waals surface area contributed by atoms with E-state index in [2.05, 4.69) is 0 Å². The molecule has 0 amide bonds. The molecular formula is C21H20N2O6. The monoisotopic (exact) mass is 396 g/mol. The van der Waals surface area contributed by atoms with Gasteiger partial charge in [0.1, 0.15) is 17.2 Å². The van der Waals surface area contributed by atoms with Gasteiger partial charge in [0.05, 0.1) is 12.7 Å². The number of nitrogens with two attached hydrogens (primary N) is 1. The first kappa shape index (κ1) is 20.0. The lowest BCUT2D eigenvalue weighted by atomic mass is 10.0. The summed E-state index contributed by atoms with van der Waals surface area (Å²) in [6, 6.07) is 12.4. The van der Waals surface area contributed by atoms with Crippen molar-refractivity contribution in [3.8, 4) is 22.9 Å². The summed E-state index contributed by atoms with van der Waals surface area (Å²) in [6.45, 7) is -0.0518. The van der Waals surface area contributed by atoms with Gasteiger partial charge in [0, 0.05) is 30.6 Å². The van der Waals surface area contributed by atoms with Gasteiger partial charge < -0.3 is 25.1 Å². The second kappa shape index (κ2) is 8.49. The van der Waals surface area contributed by atoms with Crippen LogP contribution >= 0.6 is 0 Å². The molecule has 1 aromatic heterocycles. The van der Waals surface area contributed by atoms with Crippen LogP contribution in [-0.4, -0.2) is 36.5 Å². The molecule has 8 nitrogen and oxygen atoms in total. The molecule has 0 bridgehead atoms. The number of anilines is 1. The largest absolute Gasteiger partial charge is 0.505 e. The van der Waals surface area contributed by atoms with Gasteiger partial charge in [-0.2, -0.15) is 0 Å². The standard InChI is InChI=1S/C21H20N2O6/c1-27-12-29-17-9-8-16(21(26)19(17)22)20(25)13-3-10-18(24)23(11-13)14-4-6-15(28-2)7-5-14/h3-11,26H,12,22H2,1-2H3. The van der Waals surface area contributed by atoms with Crippen molar-refractivity contribution in [2.75, 3.05) is 26.7 Å². The minimum Gasteiger partial charge on any atom is -0.505 e. The van der Waals surface area contributed by atoms with Crippen LogP contribution in [0.15, 0.2) is 59.5 Å². The Morgan fingerprint density at radius 3 is 2.45 bits per heavy atom. The summed E-state index contributed by atoms with van der Waals surface area (Å²) in [5, 5.41) is 10.4. The number of nitrogen functional groups attached to an aromatic ring is 1. The predicted octanol–water partition coefficient (Wildman–Crippen LogP) is 2.35. The van der Waals surface area contributed by atoms with Crippen molar-refractivity contribution in [2.45, 2.75) is 0 Å². The van der Waals surface area contributed by atoms with Gasteiger partial charge in [0.15, 0.2) is 18.3 Å². The maximum atomic E-state index is 12.9. The van der Waals surface area contributed by atoms with Crippen LogP contribution in [0.4, 0.5) is 5.69 Å². The zero-order valence-corrected chi connectivity index (χ0v) is 15.9. The number of phenols is 1. The van der Waals surface area contributed by atoms with Crippen LogP contribution in [0, 0.1) is 0 Å². The topological polar surface area (TPSA) is 113 Å². The summed E-state index contributed by atoms with van der Waals surface area (Å²) in [4.78, 5) is 25.2. The number of phenolic OH excluding ortho intramolecular Hbond substituents is 1. The average molecular weight is 396 g/mol. The van der Waals surface area contributed by atoms with E-state index < -0.39 is 11.5 Å². The highest BCUT2D eigenvalue weighted by molar-refractivity contribution is 6.11. The lowest BCUT2D eigenvalue weighted by molar-refractivity contribution is 0.0515. The Balaban J connectivity index is 1.98. The number of aromatic hydroxyl groups is 1. The van der Waals surface area contributed by atoms with Gasteiger partial charge in [-0.05, 0) is 42.5 Å². The number of hydrogen-bond donors (Lipinski definition) is 2. The number of pyridine rings is 1. The number of methoxy groups -OCH3 is 2. The Morgan fingerprint density at radius 1 is 1.07 bits per heavy atom. The minimum absolute atomic E-state index is 0.00723. The molecule has 0 aliphatic rings. The maximum absolute atomic E-state index is 12.9. The Hall–Kier alpha value is -3.78. The highest BCUT2D eigenvalue weighted by Gasteiger charge is 2.19. The molecule has 3 N–H and O–H groups in total. The van der Waals surface area contributed by atoms with Crippen LogP contribution in [-0.2, 0) is 4.74 Å². The van der Waals surface area contributed by atoms with Crippen LogP contribution in [0.2, 0.25) is 0 Å². The summed E-state index contributed by atoms with van der Waals surface area (Å²) in [6.07, 6.45) is 1.41. The first-order chi connectivity index (χ1) is 14.0. The number of carbonyl (C=O) groups is 1. The van der Waals surface area contributed by atoms with Crippen molar-refractivity contribution in [1.29, 1.82) is 0 Å². The average Bonchev–Trinajstić information content (AvgIpc) is 2.75. The summed E-state index contributed by atoms with van der Waals surface area (Å²) in [5.41, 5.74) is 6.25. The van der Waals surface area contributed by atoms with Crippen molar-refractivity contribution in [1.82, 2.24) is 4.57 Å². The lowest BCUT2D eigenvalue weighted by Crippen LogP contribution is -2.18. The highest BCUT2D eigenvalue weighted by atomic mass is 16.7. The minimum atomic E-state index is -0.491. The molecule has 0 aliphatic carbocycles. The highest BCUT2D eigenvalue weighted by Crippen LogP contribution is 2.35. The van der Waals surface area contributed by atoms with Crippen LogP contribution in [0.5, 0.6) is 17.2 Å². The van der Waals surface area contributed by atoms with Crippen molar-refractivity contribution < 1.29 is 24.1 Å². The van der Waals surface area contributed by atoms with E-state index in [9.17, 15) is 14.7 Å². The summed E-state index contributed by atoms with van der Waals surface area (Å²) >= 11 is 0. The number of carbonyl (C=O) groups excluding carboxylic acids is 1. The van der Waals surface area contributed by atoms with Gasteiger partial charge in [-0.25, -0.2) is 0 Å². The van der Waals surface area contributed by atoms with E-state index in [1.807, 2.05) is 0 Å². The zero-order valence-electron chi connectivity index (χ0n) is 15.9. The van der Waals surface area contributed by atoms with E-state index in [1.165, 1.54) is 42.1 Å². The molecule has 0 fully saturated rings. The molecule has 3 aromatic rings. The molecule has 3 rings (SSSR count). The fourth-order valence-electron chi connectivity index (χ4n) is 2.74. The third kappa shape index (κ3) is 4.07. The van der Waals surface area contributed by atoms with Crippen molar-refractivity contribution >= 4 is 11.5 Å². The van der Waals surface area contributed by atoms with Gasteiger partial charge >= 0.3 is 0 Å². The van der Waals surface area contributed by atoms with Crippen LogP contribution < -0.4 is 20.8 Å². The number of benzene rings is 2. The summed E-state index contributed by atoms with van der Waals surface area (Å²) < 4.78 is 16.5.